The summed E-state index contributed by atoms with van der Waals surface area (Å²) in [6.07, 6.45) is 0.0541. The lowest BCUT2D eigenvalue weighted by atomic mass is 10.0. The molecule has 112 valence electrons. The van der Waals surface area contributed by atoms with Crippen molar-refractivity contribution in [3.8, 4) is 6.07 Å². The number of carboxylic acids is 1. The number of nitrogens with zero attached hydrogens (tertiary/aromatic N) is 2. The molecule has 1 saturated heterocycles. The molecule has 0 spiro atoms. The summed E-state index contributed by atoms with van der Waals surface area (Å²) in [7, 11) is -3.87. The maximum atomic E-state index is 12.6. The van der Waals surface area contributed by atoms with Gasteiger partial charge in [-0.2, -0.15) is 9.57 Å². The van der Waals surface area contributed by atoms with Gasteiger partial charge < -0.3 is 10.8 Å². The Labute approximate surface area is 122 Å². The molecule has 0 amide bonds. The molecule has 21 heavy (non-hydrogen) atoms. The van der Waals surface area contributed by atoms with E-state index < -0.39 is 21.5 Å². The number of nitrogens with two attached hydrogens (primary N) is 1. The Morgan fingerprint density at radius 2 is 2.19 bits per heavy atom. The summed E-state index contributed by atoms with van der Waals surface area (Å²) in [4.78, 5) is 11.1. The fourth-order valence-corrected chi connectivity index (χ4v) is 4.02. The second-order valence-corrected chi connectivity index (χ2v) is 7.05. The summed E-state index contributed by atoms with van der Waals surface area (Å²) in [5.41, 5.74) is 4.87. The van der Waals surface area contributed by atoms with E-state index in [1.807, 2.05) is 6.07 Å². The van der Waals surface area contributed by atoms with Crippen LogP contribution in [-0.4, -0.2) is 42.4 Å². The maximum Gasteiger partial charge on any atom is 0.325 e. The van der Waals surface area contributed by atoms with E-state index in [0.717, 1.165) is 4.31 Å². The first kappa shape index (κ1) is 15.4. The van der Waals surface area contributed by atoms with E-state index in [4.69, 9.17) is 16.1 Å². The highest BCUT2D eigenvalue weighted by Crippen LogP contribution is 2.28. The average molecular weight is 309 g/mol. The molecule has 1 atom stereocenters. The molecule has 1 aromatic rings. The van der Waals surface area contributed by atoms with Crippen molar-refractivity contribution in [3.63, 3.8) is 0 Å². The van der Waals surface area contributed by atoms with E-state index in [1.54, 1.807) is 13.0 Å². The molecule has 1 fully saturated rings. The third kappa shape index (κ3) is 2.63. The number of hydrogen-bond donors (Lipinski definition) is 2. The normalized spacial score (nSPS) is 22.9. The Bertz CT molecular complexity index is 738. The number of carboxylic acid groups (broad SMARTS) is 1. The van der Waals surface area contributed by atoms with E-state index in [1.165, 1.54) is 12.1 Å². The number of hydrogen-bond acceptors (Lipinski definition) is 5. The first-order chi connectivity index (χ1) is 9.70. The highest BCUT2D eigenvalue weighted by Gasteiger charge is 2.45. The highest BCUT2D eigenvalue weighted by molar-refractivity contribution is 7.89. The number of benzene rings is 1. The van der Waals surface area contributed by atoms with Gasteiger partial charge in [-0.3, -0.25) is 4.79 Å². The fraction of sp³-hybridized carbons (Fsp3) is 0.385. The van der Waals surface area contributed by atoms with Gasteiger partial charge in [-0.15, -0.1) is 0 Å². The van der Waals surface area contributed by atoms with Crippen LogP contribution in [0.3, 0.4) is 0 Å². The monoisotopic (exact) mass is 309 g/mol. The van der Waals surface area contributed by atoms with Crippen molar-refractivity contribution in [2.24, 2.45) is 5.73 Å². The van der Waals surface area contributed by atoms with Gasteiger partial charge in [0.15, 0.2) is 0 Å². The van der Waals surface area contributed by atoms with Crippen molar-refractivity contribution in [2.45, 2.75) is 23.8 Å². The molecule has 0 aromatic heterocycles. The standard InChI is InChI=1S/C13H15N3O4S/c1-9-2-3-10(7-14)6-11(9)21(19,20)16-5-4-13(15,8-16)12(17)18/h2-3,6H,4-5,8,15H2,1H3,(H,17,18). The molecular weight excluding hydrogens is 294 g/mol. The van der Waals surface area contributed by atoms with E-state index in [2.05, 4.69) is 0 Å². The average Bonchev–Trinajstić information content (AvgIpc) is 2.84. The molecule has 7 nitrogen and oxygen atoms in total. The zero-order valence-electron chi connectivity index (χ0n) is 11.4. The van der Waals surface area contributed by atoms with Crippen molar-refractivity contribution in [3.05, 3.63) is 29.3 Å². The van der Waals surface area contributed by atoms with Gasteiger partial charge in [0, 0.05) is 13.1 Å². The minimum absolute atomic E-state index is 0.0104. The van der Waals surface area contributed by atoms with Gasteiger partial charge in [0.2, 0.25) is 10.0 Å². The van der Waals surface area contributed by atoms with Crippen LogP contribution >= 0.6 is 0 Å². The summed E-state index contributed by atoms with van der Waals surface area (Å²) in [5, 5.41) is 18.0. The van der Waals surface area contributed by atoms with Crippen LogP contribution in [0.25, 0.3) is 0 Å². The first-order valence-corrected chi connectivity index (χ1v) is 7.68. The third-order valence-electron chi connectivity index (χ3n) is 3.63. The minimum Gasteiger partial charge on any atom is -0.480 e. The summed E-state index contributed by atoms with van der Waals surface area (Å²) in [6.45, 7) is 1.39. The van der Waals surface area contributed by atoms with Crippen molar-refractivity contribution >= 4 is 16.0 Å². The molecule has 1 aliphatic rings. The molecule has 8 heteroatoms. The second kappa shape index (κ2) is 5.11. The molecule has 1 aliphatic heterocycles. The predicted octanol–water partition coefficient (Wildman–Crippen LogP) is 0.0432. The van der Waals surface area contributed by atoms with Crippen LogP contribution in [-0.2, 0) is 14.8 Å². The summed E-state index contributed by atoms with van der Waals surface area (Å²) >= 11 is 0. The number of sulfonamides is 1. The lowest BCUT2D eigenvalue weighted by Crippen LogP contribution is -2.50. The number of carbonyl (C=O) groups is 1. The van der Waals surface area contributed by atoms with Gasteiger partial charge in [-0.1, -0.05) is 6.07 Å². The van der Waals surface area contributed by atoms with Crippen LogP contribution in [0.15, 0.2) is 23.1 Å². The summed E-state index contributed by atoms with van der Waals surface area (Å²) < 4.78 is 26.3. The quantitative estimate of drug-likeness (QED) is 0.812. The number of aryl methyl sites for hydroxylation is 1. The SMILES string of the molecule is Cc1ccc(C#N)cc1S(=O)(=O)N1CCC(N)(C(=O)O)C1. The van der Waals surface area contributed by atoms with Gasteiger partial charge in [-0.25, -0.2) is 8.42 Å². The van der Waals surface area contributed by atoms with Crippen LogP contribution in [0.4, 0.5) is 0 Å². The topological polar surface area (TPSA) is 124 Å². The Hall–Kier alpha value is -1.95. The molecular formula is C13H15N3O4S. The van der Waals surface area contributed by atoms with E-state index in [0.29, 0.717) is 5.56 Å². The maximum absolute atomic E-state index is 12.6. The van der Waals surface area contributed by atoms with Gasteiger partial charge >= 0.3 is 5.97 Å². The smallest absolute Gasteiger partial charge is 0.325 e. The second-order valence-electron chi connectivity index (χ2n) is 5.14. The van der Waals surface area contributed by atoms with Crippen molar-refractivity contribution < 1.29 is 18.3 Å². The van der Waals surface area contributed by atoms with Gasteiger partial charge in [-0.05, 0) is 31.0 Å². The summed E-state index contributed by atoms with van der Waals surface area (Å²) in [5.74, 6) is -1.22. The van der Waals surface area contributed by atoms with Crippen LogP contribution < -0.4 is 5.73 Å². The number of nitriles is 1. The van der Waals surface area contributed by atoms with Crippen molar-refractivity contribution in [1.29, 1.82) is 5.26 Å². The van der Waals surface area contributed by atoms with Crippen LogP contribution in [0, 0.1) is 18.3 Å². The Balaban J connectivity index is 2.41. The molecule has 0 bridgehead atoms. The van der Waals surface area contributed by atoms with Crippen molar-refractivity contribution in [2.75, 3.05) is 13.1 Å². The highest BCUT2D eigenvalue weighted by atomic mass is 32.2. The molecule has 0 aliphatic carbocycles. The van der Waals surface area contributed by atoms with Crippen LogP contribution in [0.5, 0.6) is 0 Å². The zero-order chi connectivity index (χ0) is 15.8. The molecule has 0 saturated carbocycles. The predicted molar refractivity (Wildman–Crippen MR) is 73.8 cm³/mol. The van der Waals surface area contributed by atoms with Crippen LogP contribution in [0.2, 0.25) is 0 Å². The van der Waals surface area contributed by atoms with E-state index in [-0.39, 0.29) is 30.0 Å². The van der Waals surface area contributed by atoms with E-state index in [9.17, 15) is 13.2 Å². The molecule has 3 N–H and O–H groups in total. The Kier molecular flexibility index (Phi) is 3.76. The number of rotatable bonds is 3. The Morgan fingerprint density at radius 1 is 1.52 bits per heavy atom. The van der Waals surface area contributed by atoms with Gasteiger partial charge in [0.1, 0.15) is 5.54 Å². The molecule has 0 radical (unpaired) electrons. The fourth-order valence-electron chi connectivity index (χ4n) is 2.26. The van der Waals surface area contributed by atoms with Gasteiger partial charge in [0.05, 0.1) is 16.5 Å². The minimum atomic E-state index is -3.87. The molecule has 1 aromatic carbocycles. The largest absolute Gasteiger partial charge is 0.480 e. The number of aliphatic carboxylic acids is 1. The van der Waals surface area contributed by atoms with Gasteiger partial charge in [0.25, 0.3) is 0 Å². The van der Waals surface area contributed by atoms with Crippen LogP contribution in [0.1, 0.15) is 17.5 Å². The van der Waals surface area contributed by atoms with Crippen molar-refractivity contribution in [1.82, 2.24) is 4.31 Å². The Morgan fingerprint density at radius 3 is 2.71 bits per heavy atom. The lowest BCUT2D eigenvalue weighted by Gasteiger charge is -2.20. The third-order valence-corrected chi connectivity index (χ3v) is 5.61. The summed E-state index contributed by atoms with van der Waals surface area (Å²) in [6, 6.07) is 6.26. The molecule has 2 rings (SSSR count). The molecule has 1 heterocycles. The first-order valence-electron chi connectivity index (χ1n) is 6.24. The molecule has 1 unspecified atom stereocenters. The van der Waals surface area contributed by atoms with E-state index >= 15 is 0 Å². The zero-order valence-corrected chi connectivity index (χ0v) is 12.2. The lowest BCUT2D eigenvalue weighted by molar-refractivity contribution is -0.142.